The lowest BCUT2D eigenvalue weighted by atomic mass is 9.97. The highest BCUT2D eigenvalue weighted by atomic mass is 16.7. The van der Waals surface area contributed by atoms with Gasteiger partial charge in [-0.2, -0.15) is 0 Å². The van der Waals surface area contributed by atoms with Gasteiger partial charge in [-0.05, 0) is 20.8 Å². The summed E-state index contributed by atoms with van der Waals surface area (Å²) in [6.07, 6.45) is -14.5. The molecule has 0 radical (unpaired) electrons. The van der Waals surface area contributed by atoms with Gasteiger partial charge >= 0.3 is 0 Å². The molecular weight excluding hydrogens is 368 g/mol. The second-order valence-corrected chi connectivity index (χ2v) is 7.73. The maximum Gasteiger partial charge on any atom is 0.187 e. The van der Waals surface area contributed by atoms with Crippen LogP contribution in [-0.4, -0.2) is 116 Å². The van der Waals surface area contributed by atoms with Crippen molar-refractivity contribution in [3.8, 4) is 0 Å². The maximum absolute atomic E-state index is 10.4. The Balaban J connectivity index is 2.12. The molecule has 7 N–H and O–H groups in total. The molecule has 2 rings (SSSR count). The van der Waals surface area contributed by atoms with Gasteiger partial charge in [-0.1, -0.05) is 0 Å². The van der Waals surface area contributed by atoms with Gasteiger partial charge in [0.15, 0.2) is 12.6 Å². The molecule has 160 valence electrons. The summed E-state index contributed by atoms with van der Waals surface area (Å²) in [6.45, 7) is 3.91. The average molecular weight is 398 g/mol. The van der Waals surface area contributed by atoms with Crippen LogP contribution in [0, 0.1) is 0 Å². The summed E-state index contributed by atoms with van der Waals surface area (Å²) in [7, 11) is 0. The molecule has 2 aliphatic heterocycles. The van der Waals surface area contributed by atoms with E-state index in [0.29, 0.717) is 0 Å². The minimum atomic E-state index is -1.70. The number of hydrogen-bond donors (Lipinski definition) is 7. The molecule has 0 aliphatic carbocycles. The van der Waals surface area contributed by atoms with Crippen molar-refractivity contribution in [2.45, 2.75) is 87.8 Å². The van der Waals surface area contributed by atoms with E-state index < -0.39 is 80.2 Å². The number of aliphatic hydroxyl groups is 7. The van der Waals surface area contributed by atoms with Gasteiger partial charge in [0, 0.05) is 0 Å². The monoisotopic (exact) mass is 398 g/mol. The van der Waals surface area contributed by atoms with Crippen LogP contribution in [0.15, 0.2) is 0 Å². The first-order valence-electron chi connectivity index (χ1n) is 8.76. The molecule has 2 aliphatic rings. The van der Waals surface area contributed by atoms with Gasteiger partial charge < -0.3 is 54.7 Å². The van der Waals surface area contributed by atoms with E-state index in [0.717, 1.165) is 0 Å². The SMILES string of the molecule is CC(C)(C)OC1OC(CO)[C@@H](O[C@@H]2OC(CO)[C@H](O)[C@H](O)C2O)[C@@H](O)C1O. The van der Waals surface area contributed by atoms with E-state index in [1.54, 1.807) is 20.8 Å². The highest BCUT2D eigenvalue weighted by Crippen LogP contribution is 2.30. The number of ether oxygens (including phenoxy) is 4. The summed E-state index contributed by atoms with van der Waals surface area (Å²) in [5.41, 5.74) is -0.698. The summed E-state index contributed by atoms with van der Waals surface area (Å²) in [5, 5.41) is 69.2. The minimum absolute atomic E-state index is 0.601. The molecule has 0 spiro atoms. The molecule has 0 aromatic carbocycles. The Bertz CT molecular complexity index is 466. The third-order valence-corrected chi connectivity index (χ3v) is 4.43. The van der Waals surface area contributed by atoms with Crippen molar-refractivity contribution in [3.63, 3.8) is 0 Å². The third-order valence-electron chi connectivity index (χ3n) is 4.43. The molecule has 5 unspecified atom stereocenters. The van der Waals surface area contributed by atoms with Crippen LogP contribution in [0.25, 0.3) is 0 Å². The summed E-state index contributed by atoms with van der Waals surface area (Å²) >= 11 is 0. The van der Waals surface area contributed by atoms with E-state index in [2.05, 4.69) is 0 Å². The number of hydrogen-bond acceptors (Lipinski definition) is 11. The zero-order chi connectivity index (χ0) is 20.5. The molecule has 0 aromatic heterocycles. The summed E-state index contributed by atoms with van der Waals surface area (Å²) in [6, 6.07) is 0. The zero-order valence-corrected chi connectivity index (χ0v) is 15.5. The van der Waals surface area contributed by atoms with Crippen molar-refractivity contribution in [3.05, 3.63) is 0 Å². The lowest BCUT2D eigenvalue weighted by Gasteiger charge is -2.46. The van der Waals surface area contributed by atoms with Crippen LogP contribution in [-0.2, 0) is 18.9 Å². The molecule has 0 aromatic rings. The Hall–Kier alpha value is -0.440. The summed E-state index contributed by atoms with van der Waals surface area (Å²) in [5.74, 6) is 0. The largest absolute Gasteiger partial charge is 0.394 e. The third kappa shape index (κ3) is 5.14. The fourth-order valence-corrected chi connectivity index (χ4v) is 3.00. The fourth-order valence-electron chi connectivity index (χ4n) is 3.00. The van der Waals surface area contributed by atoms with Crippen molar-refractivity contribution in [2.75, 3.05) is 13.2 Å². The Labute approximate surface area is 156 Å². The second-order valence-electron chi connectivity index (χ2n) is 7.73. The minimum Gasteiger partial charge on any atom is -0.394 e. The van der Waals surface area contributed by atoms with E-state index >= 15 is 0 Å². The highest BCUT2D eigenvalue weighted by Gasteiger charge is 2.51. The summed E-state index contributed by atoms with van der Waals surface area (Å²) < 4.78 is 21.7. The van der Waals surface area contributed by atoms with Crippen molar-refractivity contribution >= 4 is 0 Å². The van der Waals surface area contributed by atoms with Crippen molar-refractivity contribution in [1.29, 1.82) is 0 Å². The molecule has 27 heavy (non-hydrogen) atoms. The number of rotatable bonds is 5. The zero-order valence-electron chi connectivity index (χ0n) is 15.5. The van der Waals surface area contributed by atoms with Gasteiger partial charge in [0.25, 0.3) is 0 Å². The topological polar surface area (TPSA) is 179 Å². The standard InChI is InChI=1S/C16H30O11/c1-16(2,3)27-15-12(23)10(21)13(7(5-18)25-15)26-14-11(22)9(20)8(19)6(4-17)24-14/h6-15,17-23H,4-5H2,1-3H3/t6?,7?,8-,9-,10-,11?,12?,13+,14-,15?/m0/s1. The number of aliphatic hydroxyl groups excluding tert-OH is 7. The molecule has 10 atom stereocenters. The van der Waals surface area contributed by atoms with Crippen LogP contribution in [0.5, 0.6) is 0 Å². The Morgan fingerprint density at radius 1 is 0.704 bits per heavy atom. The average Bonchev–Trinajstić information content (AvgIpc) is 2.60. The smallest absolute Gasteiger partial charge is 0.187 e. The molecule has 11 nitrogen and oxygen atoms in total. The Morgan fingerprint density at radius 3 is 1.74 bits per heavy atom. The van der Waals surface area contributed by atoms with Crippen LogP contribution in [0.2, 0.25) is 0 Å². The second kappa shape index (κ2) is 8.93. The van der Waals surface area contributed by atoms with Gasteiger partial charge in [0.2, 0.25) is 0 Å². The van der Waals surface area contributed by atoms with E-state index in [4.69, 9.17) is 18.9 Å². The lowest BCUT2D eigenvalue weighted by Crippen LogP contribution is -2.65. The van der Waals surface area contributed by atoms with Crippen LogP contribution < -0.4 is 0 Å². The maximum atomic E-state index is 10.4. The first-order valence-corrected chi connectivity index (χ1v) is 8.76. The predicted octanol–water partition coefficient (Wildman–Crippen LogP) is -3.57. The van der Waals surface area contributed by atoms with Gasteiger partial charge in [0.05, 0.1) is 18.8 Å². The fraction of sp³-hybridized carbons (Fsp3) is 1.00. The quantitative estimate of drug-likeness (QED) is 0.243. The van der Waals surface area contributed by atoms with Crippen LogP contribution in [0.3, 0.4) is 0 Å². The molecular formula is C16H30O11. The van der Waals surface area contributed by atoms with Gasteiger partial charge in [-0.25, -0.2) is 0 Å². The first kappa shape index (κ1) is 22.8. The first-order chi connectivity index (χ1) is 12.5. The Morgan fingerprint density at radius 2 is 1.22 bits per heavy atom. The molecule has 0 amide bonds. The van der Waals surface area contributed by atoms with E-state index in [9.17, 15) is 35.7 Å². The van der Waals surface area contributed by atoms with Gasteiger partial charge in [0.1, 0.15) is 48.8 Å². The normalized spacial score (nSPS) is 46.4. The van der Waals surface area contributed by atoms with Crippen molar-refractivity contribution in [2.24, 2.45) is 0 Å². The lowest BCUT2D eigenvalue weighted by molar-refractivity contribution is -0.366. The molecule has 2 fully saturated rings. The highest BCUT2D eigenvalue weighted by molar-refractivity contribution is 4.94. The van der Waals surface area contributed by atoms with Crippen LogP contribution >= 0.6 is 0 Å². The molecule has 0 saturated carbocycles. The van der Waals surface area contributed by atoms with Crippen molar-refractivity contribution in [1.82, 2.24) is 0 Å². The van der Waals surface area contributed by atoms with E-state index in [-0.39, 0.29) is 0 Å². The summed E-state index contributed by atoms with van der Waals surface area (Å²) in [4.78, 5) is 0. The molecule has 2 saturated heterocycles. The molecule has 0 bridgehead atoms. The van der Waals surface area contributed by atoms with Crippen LogP contribution in [0.4, 0.5) is 0 Å². The van der Waals surface area contributed by atoms with Gasteiger partial charge in [-0.3, -0.25) is 0 Å². The van der Waals surface area contributed by atoms with Crippen LogP contribution in [0.1, 0.15) is 20.8 Å². The molecule has 2 heterocycles. The Kier molecular flexibility index (Phi) is 7.55. The van der Waals surface area contributed by atoms with Crippen molar-refractivity contribution < 1.29 is 54.7 Å². The molecule has 11 heteroatoms. The van der Waals surface area contributed by atoms with E-state index in [1.165, 1.54) is 0 Å². The van der Waals surface area contributed by atoms with Gasteiger partial charge in [-0.15, -0.1) is 0 Å². The van der Waals surface area contributed by atoms with E-state index in [1.807, 2.05) is 0 Å². The predicted molar refractivity (Wildman–Crippen MR) is 87.2 cm³/mol.